The number of fused-ring (bicyclic) bond motifs is 2. The van der Waals surface area contributed by atoms with Gasteiger partial charge in [-0.2, -0.15) is 0 Å². The van der Waals surface area contributed by atoms with Gasteiger partial charge >= 0.3 is 0 Å². The van der Waals surface area contributed by atoms with E-state index in [9.17, 15) is 9.59 Å². The molecule has 0 fully saturated rings. The smallest absolute Gasteiger partial charge is 0.263 e. The third-order valence-electron chi connectivity index (χ3n) is 6.42. The van der Waals surface area contributed by atoms with E-state index in [4.69, 9.17) is 0 Å². The molecule has 4 aromatic heterocycles. The molecule has 0 saturated heterocycles. The van der Waals surface area contributed by atoms with Crippen LogP contribution in [-0.4, -0.2) is 24.5 Å². The summed E-state index contributed by atoms with van der Waals surface area (Å²) in [7, 11) is 0. The highest BCUT2D eigenvalue weighted by Crippen LogP contribution is 2.31. The highest BCUT2D eigenvalue weighted by Gasteiger charge is 2.20. The zero-order valence-corrected chi connectivity index (χ0v) is 20.9. The third-order valence-corrected chi connectivity index (χ3v) is 7.15. The van der Waals surface area contributed by atoms with Crippen LogP contribution in [0.15, 0.2) is 88.3 Å². The van der Waals surface area contributed by atoms with Crippen molar-refractivity contribution in [1.29, 1.82) is 0 Å². The van der Waals surface area contributed by atoms with Crippen LogP contribution in [0.3, 0.4) is 0 Å². The van der Waals surface area contributed by atoms with Gasteiger partial charge in [0.25, 0.3) is 11.1 Å². The SMILES string of the molecule is Cc1cc(-c2cccc3cc(C(C)Nc4ncnc5scnc45)n(-c4ccccc4)c(=O)c23)c[nH]c1=O. The van der Waals surface area contributed by atoms with E-state index in [0.29, 0.717) is 22.3 Å². The second-order valence-electron chi connectivity index (χ2n) is 8.81. The van der Waals surface area contributed by atoms with E-state index >= 15 is 0 Å². The molecule has 2 N–H and O–H groups in total. The fourth-order valence-electron chi connectivity index (χ4n) is 4.62. The number of thiazole rings is 1. The van der Waals surface area contributed by atoms with Crippen molar-refractivity contribution in [1.82, 2.24) is 24.5 Å². The summed E-state index contributed by atoms with van der Waals surface area (Å²) in [5.74, 6) is 0.614. The minimum atomic E-state index is -0.281. The number of hydrogen-bond acceptors (Lipinski definition) is 7. The Morgan fingerprint density at radius 3 is 2.65 bits per heavy atom. The fraction of sp³-hybridized carbons (Fsp3) is 0.107. The van der Waals surface area contributed by atoms with Gasteiger partial charge in [-0.15, -0.1) is 11.3 Å². The van der Waals surface area contributed by atoms with E-state index < -0.39 is 0 Å². The van der Waals surface area contributed by atoms with Gasteiger partial charge in [-0.25, -0.2) is 15.0 Å². The van der Waals surface area contributed by atoms with E-state index in [1.807, 2.05) is 67.6 Å². The van der Waals surface area contributed by atoms with E-state index in [0.717, 1.165) is 32.7 Å². The molecule has 9 heteroatoms. The summed E-state index contributed by atoms with van der Waals surface area (Å²) >= 11 is 1.45. The summed E-state index contributed by atoms with van der Waals surface area (Å²) in [6.45, 7) is 3.75. The minimum Gasteiger partial charge on any atom is -0.360 e. The Labute approximate surface area is 215 Å². The number of benzene rings is 2. The lowest BCUT2D eigenvalue weighted by atomic mass is 9.98. The topological polar surface area (TPSA) is 106 Å². The van der Waals surface area contributed by atoms with Gasteiger partial charge in [0.2, 0.25) is 0 Å². The lowest BCUT2D eigenvalue weighted by Crippen LogP contribution is -2.26. The van der Waals surface area contributed by atoms with Gasteiger partial charge < -0.3 is 10.3 Å². The molecular formula is C28H22N6O2S. The van der Waals surface area contributed by atoms with Crippen LogP contribution in [-0.2, 0) is 0 Å². The minimum absolute atomic E-state index is 0.145. The molecular weight excluding hydrogens is 484 g/mol. The molecule has 4 heterocycles. The van der Waals surface area contributed by atoms with Crippen molar-refractivity contribution in [3.63, 3.8) is 0 Å². The molecule has 1 atom stereocenters. The van der Waals surface area contributed by atoms with Gasteiger partial charge in [0.1, 0.15) is 16.7 Å². The van der Waals surface area contributed by atoms with Crippen molar-refractivity contribution < 1.29 is 0 Å². The number of aromatic nitrogens is 5. The van der Waals surface area contributed by atoms with Crippen LogP contribution in [0.4, 0.5) is 5.82 Å². The molecule has 1 unspecified atom stereocenters. The highest BCUT2D eigenvalue weighted by atomic mass is 32.1. The predicted octanol–water partition coefficient (Wildman–Crippen LogP) is 5.23. The number of para-hydroxylation sites is 1. The maximum Gasteiger partial charge on any atom is 0.263 e. The second-order valence-corrected chi connectivity index (χ2v) is 9.64. The Kier molecular flexibility index (Phi) is 5.61. The summed E-state index contributed by atoms with van der Waals surface area (Å²) in [6, 6.07) is 18.9. The molecule has 0 aliphatic rings. The first-order valence-electron chi connectivity index (χ1n) is 11.8. The molecule has 6 rings (SSSR count). The van der Waals surface area contributed by atoms with E-state index in [-0.39, 0.29) is 17.2 Å². The van der Waals surface area contributed by atoms with Crippen molar-refractivity contribution in [2.24, 2.45) is 0 Å². The number of nitrogens with zero attached hydrogens (tertiary/aromatic N) is 4. The zero-order valence-electron chi connectivity index (χ0n) is 20.1. The van der Waals surface area contributed by atoms with Gasteiger partial charge in [0, 0.05) is 23.1 Å². The summed E-state index contributed by atoms with van der Waals surface area (Å²) < 4.78 is 1.74. The van der Waals surface area contributed by atoms with Crippen molar-refractivity contribution in [2.75, 3.05) is 5.32 Å². The number of pyridine rings is 2. The largest absolute Gasteiger partial charge is 0.360 e. The molecule has 0 amide bonds. The zero-order chi connectivity index (χ0) is 25.5. The van der Waals surface area contributed by atoms with Crippen molar-refractivity contribution in [3.8, 4) is 16.8 Å². The van der Waals surface area contributed by atoms with Crippen LogP contribution < -0.4 is 16.4 Å². The highest BCUT2D eigenvalue weighted by molar-refractivity contribution is 7.16. The van der Waals surface area contributed by atoms with Crippen LogP contribution >= 0.6 is 11.3 Å². The Morgan fingerprint density at radius 1 is 1.00 bits per heavy atom. The van der Waals surface area contributed by atoms with Gasteiger partial charge in [-0.1, -0.05) is 36.4 Å². The Hall–Kier alpha value is -4.63. The maximum absolute atomic E-state index is 14.3. The van der Waals surface area contributed by atoms with Crippen molar-refractivity contribution >= 4 is 38.3 Å². The molecule has 0 spiro atoms. The summed E-state index contributed by atoms with van der Waals surface area (Å²) in [4.78, 5) is 42.9. The number of aryl methyl sites for hydroxylation is 1. The molecule has 0 radical (unpaired) electrons. The van der Waals surface area contributed by atoms with Crippen molar-refractivity contribution in [2.45, 2.75) is 19.9 Å². The quantitative estimate of drug-likeness (QED) is 0.332. The van der Waals surface area contributed by atoms with Gasteiger partial charge in [-0.3, -0.25) is 14.2 Å². The lowest BCUT2D eigenvalue weighted by Gasteiger charge is -2.22. The maximum atomic E-state index is 14.3. The van der Waals surface area contributed by atoms with E-state index in [1.54, 1.807) is 23.2 Å². The number of anilines is 1. The first-order chi connectivity index (χ1) is 18.0. The monoisotopic (exact) mass is 506 g/mol. The summed E-state index contributed by atoms with van der Waals surface area (Å²) in [5, 5.41) is 4.83. The van der Waals surface area contributed by atoms with E-state index in [1.165, 1.54) is 17.7 Å². The molecule has 2 aromatic carbocycles. The number of rotatable bonds is 5. The average Bonchev–Trinajstić information content (AvgIpc) is 3.40. The molecule has 8 nitrogen and oxygen atoms in total. The Morgan fingerprint density at radius 2 is 1.84 bits per heavy atom. The lowest BCUT2D eigenvalue weighted by molar-refractivity contribution is 0.774. The summed E-state index contributed by atoms with van der Waals surface area (Å²) in [6.07, 6.45) is 3.17. The van der Waals surface area contributed by atoms with Crippen molar-refractivity contribution in [3.05, 3.63) is 111 Å². The predicted molar refractivity (Wildman–Crippen MR) is 148 cm³/mol. The number of nitrogens with one attached hydrogen (secondary N) is 2. The average molecular weight is 507 g/mol. The Balaban J connectivity index is 1.58. The van der Waals surface area contributed by atoms with Gasteiger partial charge in [0.05, 0.1) is 16.9 Å². The molecule has 182 valence electrons. The number of aromatic amines is 1. The van der Waals surface area contributed by atoms with Gasteiger partial charge in [-0.05, 0) is 54.6 Å². The fourth-order valence-corrected chi connectivity index (χ4v) is 5.24. The van der Waals surface area contributed by atoms with Crippen LogP contribution in [0.5, 0.6) is 0 Å². The second kappa shape index (κ2) is 9.11. The van der Waals surface area contributed by atoms with E-state index in [2.05, 4.69) is 25.3 Å². The van der Waals surface area contributed by atoms with Gasteiger partial charge in [0.15, 0.2) is 5.82 Å². The summed E-state index contributed by atoms with van der Waals surface area (Å²) in [5.41, 5.74) is 5.82. The first kappa shape index (κ1) is 22.8. The molecule has 0 bridgehead atoms. The molecule has 0 aliphatic carbocycles. The standard InChI is InChI=1S/C28H22N6O2S/c1-16-11-19(13-29-26(16)35)21-10-6-7-18-12-22(34(28(36)23(18)21)20-8-4-3-5-9-20)17(2)33-25-24-27(31-14-30-25)37-15-32-24/h3-15,17H,1-2H3,(H,29,35)(H,30,31,33). The normalized spacial score (nSPS) is 12.2. The molecule has 0 aliphatic heterocycles. The third kappa shape index (κ3) is 3.99. The molecule has 37 heavy (non-hydrogen) atoms. The van der Waals surface area contributed by atoms with Crippen LogP contribution in [0.1, 0.15) is 24.2 Å². The number of hydrogen-bond donors (Lipinski definition) is 2. The van der Waals surface area contributed by atoms with Crippen LogP contribution in [0, 0.1) is 6.92 Å². The molecule has 0 saturated carbocycles. The van der Waals surface area contributed by atoms with Crippen LogP contribution in [0.2, 0.25) is 0 Å². The number of H-pyrrole nitrogens is 1. The first-order valence-corrected chi connectivity index (χ1v) is 12.6. The Bertz CT molecular complexity index is 1890. The van der Waals surface area contributed by atoms with Crippen LogP contribution in [0.25, 0.3) is 37.9 Å². The molecule has 6 aromatic rings.